The van der Waals surface area contributed by atoms with Gasteiger partial charge in [-0.25, -0.2) is 13.1 Å². The highest BCUT2D eigenvalue weighted by Gasteiger charge is 2.16. The van der Waals surface area contributed by atoms with Gasteiger partial charge in [-0.2, -0.15) is 0 Å². The number of hydrogen-bond donors (Lipinski definition) is 1. The maximum absolute atomic E-state index is 12.1. The van der Waals surface area contributed by atoms with E-state index in [4.69, 9.17) is 11.6 Å². The predicted molar refractivity (Wildman–Crippen MR) is 80.2 cm³/mol. The van der Waals surface area contributed by atoms with Gasteiger partial charge in [-0.05, 0) is 37.5 Å². The summed E-state index contributed by atoms with van der Waals surface area (Å²) in [6, 6.07) is 6.86. The molecule has 1 atom stereocenters. The lowest BCUT2D eigenvalue weighted by molar-refractivity contribution is 0.534. The first-order chi connectivity index (χ1) is 8.99. The lowest BCUT2D eigenvalue weighted by Crippen LogP contribution is -2.32. The first-order valence-electron chi connectivity index (χ1n) is 6.67. The Morgan fingerprint density at radius 1 is 1.26 bits per heavy atom. The van der Waals surface area contributed by atoms with Crippen LogP contribution in [0.25, 0.3) is 0 Å². The zero-order valence-corrected chi connectivity index (χ0v) is 13.1. The molecule has 19 heavy (non-hydrogen) atoms. The Morgan fingerprint density at radius 2 is 1.89 bits per heavy atom. The van der Waals surface area contributed by atoms with Crippen LogP contribution in [0.15, 0.2) is 29.2 Å². The van der Waals surface area contributed by atoms with Gasteiger partial charge in [0, 0.05) is 11.9 Å². The molecule has 3 nitrogen and oxygen atoms in total. The van der Waals surface area contributed by atoms with Gasteiger partial charge < -0.3 is 0 Å². The number of hydrogen-bond acceptors (Lipinski definition) is 2. The normalized spacial score (nSPS) is 13.4. The predicted octanol–water partition coefficient (Wildman–Crippen LogP) is 3.32. The molecule has 0 radical (unpaired) electrons. The summed E-state index contributed by atoms with van der Waals surface area (Å²) in [4.78, 5) is 0.314. The molecule has 0 saturated carbocycles. The lowest BCUT2D eigenvalue weighted by atomic mass is 10.2. The van der Waals surface area contributed by atoms with E-state index >= 15 is 0 Å². The molecule has 0 aliphatic heterocycles. The van der Waals surface area contributed by atoms with Gasteiger partial charge in [0.2, 0.25) is 10.0 Å². The topological polar surface area (TPSA) is 46.2 Å². The molecular weight excluding hydrogens is 282 g/mol. The smallest absolute Gasteiger partial charge is 0.208 e. The van der Waals surface area contributed by atoms with Crippen molar-refractivity contribution in [1.82, 2.24) is 4.72 Å². The zero-order chi connectivity index (χ0) is 14.3. The standard InChI is InChI=1S/C14H22ClNO2S/c1-3-4-5-12(2)16-19(17,18)14-8-6-13(7-9-14)10-11-15/h6-9,12,16H,3-5,10-11H2,1-2H3. The van der Waals surface area contributed by atoms with Crippen molar-refractivity contribution in [2.45, 2.75) is 50.5 Å². The fourth-order valence-electron chi connectivity index (χ4n) is 1.85. The minimum Gasteiger partial charge on any atom is -0.208 e. The summed E-state index contributed by atoms with van der Waals surface area (Å²) >= 11 is 5.65. The third kappa shape index (κ3) is 5.51. The van der Waals surface area contributed by atoms with Gasteiger partial charge in [-0.15, -0.1) is 11.6 Å². The second-order valence-electron chi connectivity index (χ2n) is 4.75. The summed E-state index contributed by atoms with van der Waals surface area (Å²) < 4.78 is 27.0. The van der Waals surface area contributed by atoms with Gasteiger partial charge >= 0.3 is 0 Å². The maximum atomic E-state index is 12.1. The SMILES string of the molecule is CCCCC(C)NS(=O)(=O)c1ccc(CCCl)cc1. The zero-order valence-electron chi connectivity index (χ0n) is 11.5. The average molecular weight is 304 g/mol. The molecule has 1 aromatic carbocycles. The maximum Gasteiger partial charge on any atom is 0.240 e. The van der Waals surface area contributed by atoms with Crippen molar-refractivity contribution in [3.63, 3.8) is 0 Å². The molecule has 0 saturated heterocycles. The van der Waals surface area contributed by atoms with Crippen molar-refractivity contribution >= 4 is 21.6 Å². The number of alkyl halides is 1. The number of sulfonamides is 1. The Kier molecular flexibility index (Phi) is 6.83. The van der Waals surface area contributed by atoms with Gasteiger partial charge in [0.25, 0.3) is 0 Å². The van der Waals surface area contributed by atoms with Crippen molar-refractivity contribution in [2.24, 2.45) is 0 Å². The van der Waals surface area contributed by atoms with Gasteiger partial charge in [-0.3, -0.25) is 0 Å². The van der Waals surface area contributed by atoms with E-state index in [0.717, 1.165) is 31.2 Å². The van der Waals surface area contributed by atoms with E-state index in [0.29, 0.717) is 10.8 Å². The Morgan fingerprint density at radius 3 is 2.42 bits per heavy atom. The van der Waals surface area contributed by atoms with Crippen molar-refractivity contribution in [2.75, 3.05) is 5.88 Å². The van der Waals surface area contributed by atoms with E-state index in [1.807, 2.05) is 19.1 Å². The molecule has 5 heteroatoms. The number of unbranched alkanes of at least 4 members (excludes halogenated alkanes) is 1. The highest BCUT2D eigenvalue weighted by molar-refractivity contribution is 7.89. The number of halogens is 1. The van der Waals surface area contributed by atoms with Crippen molar-refractivity contribution in [1.29, 1.82) is 0 Å². The molecule has 0 amide bonds. The van der Waals surface area contributed by atoms with Crippen LogP contribution in [0.1, 0.15) is 38.7 Å². The minimum atomic E-state index is -3.40. The molecule has 0 aliphatic rings. The summed E-state index contributed by atoms with van der Waals surface area (Å²) in [7, 11) is -3.40. The third-order valence-electron chi connectivity index (χ3n) is 2.96. The molecule has 0 heterocycles. The Bertz CT molecular complexity index is 471. The number of benzene rings is 1. The minimum absolute atomic E-state index is 0.0348. The van der Waals surface area contributed by atoms with E-state index in [1.54, 1.807) is 12.1 Å². The first kappa shape index (κ1) is 16.5. The van der Waals surface area contributed by atoms with Crippen LogP contribution < -0.4 is 4.72 Å². The molecule has 1 N–H and O–H groups in total. The van der Waals surface area contributed by atoms with E-state index in [9.17, 15) is 8.42 Å². The van der Waals surface area contributed by atoms with Crippen LogP contribution in [-0.4, -0.2) is 20.3 Å². The lowest BCUT2D eigenvalue weighted by Gasteiger charge is -2.14. The molecule has 0 bridgehead atoms. The average Bonchev–Trinajstić information content (AvgIpc) is 2.37. The van der Waals surface area contributed by atoms with Crippen molar-refractivity contribution in [3.05, 3.63) is 29.8 Å². The fraction of sp³-hybridized carbons (Fsp3) is 0.571. The summed E-state index contributed by atoms with van der Waals surface area (Å²) in [5, 5.41) is 0. The van der Waals surface area contributed by atoms with Crippen LogP contribution in [0.5, 0.6) is 0 Å². The highest BCUT2D eigenvalue weighted by atomic mass is 35.5. The molecule has 108 valence electrons. The number of aryl methyl sites for hydroxylation is 1. The third-order valence-corrected chi connectivity index (χ3v) is 4.76. The van der Waals surface area contributed by atoms with Gasteiger partial charge in [0.15, 0.2) is 0 Å². The largest absolute Gasteiger partial charge is 0.240 e. The molecule has 0 spiro atoms. The van der Waals surface area contributed by atoms with E-state index < -0.39 is 10.0 Å². The Labute approximate surface area is 121 Å². The molecule has 0 aliphatic carbocycles. The second kappa shape index (κ2) is 7.88. The van der Waals surface area contributed by atoms with Gasteiger partial charge in [-0.1, -0.05) is 31.9 Å². The van der Waals surface area contributed by atoms with E-state index in [2.05, 4.69) is 11.6 Å². The van der Waals surface area contributed by atoms with Gasteiger partial charge in [0.1, 0.15) is 0 Å². The molecule has 0 aromatic heterocycles. The van der Waals surface area contributed by atoms with E-state index in [1.165, 1.54) is 0 Å². The Hall–Kier alpha value is -0.580. The number of rotatable bonds is 8. The quantitative estimate of drug-likeness (QED) is 0.749. The van der Waals surface area contributed by atoms with Crippen LogP contribution in [0.3, 0.4) is 0 Å². The number of nitrogens with one attached hydrogen (secondary N) is 1. The molecular formula is C14H22ClNO2S. The Balaban J connectivity index is 2.71. The summed E-state index contributed by atoms with van der Waals surface area (Å²) in [6.45, 7) is 3.99. The van der Waals surface area contributed by atoms with Crippen molar-refractivity contribution in [3.8, 4) is 0 Å². The second-order valence-corrected chi connectivity index (χ2v) is 6.84. The van der Waals surface area contributed by atoms with Crippen LogP contribution in [-0.2, 0) is 16.4 Å². The van der Waals surface area contributed by atoms with Gasteiger partial charge in [0.05, 0.1) is 4.90 Å². The van der Waals surface area contributed by atoms with Crippen LogP contribution in [0.4, 0.5) is 0 Å². The summed E-state index contributed by atoms with van der Waals surface area (Å²) in [6.07, 6.45) is 3.71. The van der Waals surface area contributed by atoms with Crippen LogP contribution in [0.2, 0.25) is 0 Å². The highest BCUT2D eigenvalue weighted by Crippen LogP contribution is 2.13. The molecule has 1 unspecified atom stereocenters. The first-order valence-corrected chi connectivity index (χ1v) is 8.68. The molecule has 1 rings (SSSR count). The van der Waals surface area contributed by atoms with Crippen LogP contribution >= 0.6 is 11.6 Å². The summed E-state index contributed by atoms with van der Waals surface area (Å²) in [5.74, 6) is 0.540. The molecule has 1 aromatic rings. The summed E-state index contributed by atoms with van der Waals surface area (Å²) in [5.41, 5.74) is 1.05. The fourth-order valence-corrected chi connectivity index (χ4v) is 3.34. The molecule has 0 fully saturated rings. The van der Waals surface area contributed by atoms with E-state index in [-0.39, 0.29) is 6.04 Å². The monoisotopic (exact) mass is 303 g/mol. The van der Waals surface area contributed by atoms with Crippen molar-refractivity contribution < 1.29 is 8.42 Å². The van der Waals surface area contributed by atoms with Crippen LogP contribution in [0, 0.1) is 0 Å².